The Morgan fingerprint density at radius 3 is 2.50 bits per heavy atom. The number of carbonyl (C=O) groups is 2. The summed E-state index contributed by atoms with van der Waals surface area (Å²) in [7, 11) is 0. The molecule has 0 aromatic heterocycles. The molecule has 1 atom stereocenters. The van der Waals surface area contributed by atoms with E-state index in [1.165, 1.54) is 11.8 Å². The first-order valence-corrected chi connectivity index (χ1v) is 7.21. The van der Waals surface area contributed by atoms with Gasteiger partial charge in [0.2, 0.25) is 11.8 Å². The van der Waals surface area contributed by atoms with E-state index in [0.29, 0.717) is 12.2 Å². The number of benzene rings is 1. The van der Waals surface area contributed by atoms with Gasteiger partial charge in [-0.3, -0.25) is 9.59 Å². The number of amides is 2. The summed E-state index contributed by atoms with van der Waals surface area (Å²) < 4.78 is 0. The van der Waals surface area contributed by atoms with E-state index >= 15 is 0 Å². The largest absolute Gasteiger partial charge is 0.344 e. The van der Waals surface area contributed by atoms with E-state index in [1.807, 2.05) is 36.6 Å². The average Bonchev–Trinajstić information content (AvgIpc) is 2.39. The first-order chi connectivity index (χ1) is 8.67. The first kappa shape index (κ1) is 14.6. The van der Waals surface area contributed by atoms with Gasteiger partial charge in [0.25, 0.3) is 0 Å². The zero-order valence-corrected chi connectivity index (χ0v) is 11.4. The predicted molar refractivity (Wildman–Crippen MR) is 75.7 cm³/mol. The van der Waals surface area contributed by atoms with Gasteiger partial charge in [0, 0.05) is 17.9 Å². The lowest BCUT2D eigenvalue weighted by Crippen LogP contribution is -2.45. The van der Waals surface area contributed by atoms with Crippen molar-refractivity contribution >= 4 is 29.3 Å². The van der Waals surface area contributed by atoms with Crippen LogP contribution in [0.3, 0.4) is 0 Å². The quantitative estimate of drug-likeness (QED) is 0.826. The number of thioether (sulfide) groups is 1. The molecule has 1 aromatic carbocycles. The van der Waals surface area contributed by atoms with Crippen LogP contribution in [0.4, 0.5) is 5.69 Å². The number of hydrogen-bond acceptors (Lipinski definition) is 3. The van der Waals surface area contributed by atoms with Crippen molar-refractivity contribution in [3.63, 3.8) is 0 Å². The van der Waals surface area contributed by atoms with Gasteiger partial charge in [0.1, 0.15) is 6.04 Å². The fraction of sp³-hybridized carbons (Fsp3) is 0.385. The van der Waals surface area contributed by atoms with Crippen molar-refractivity contribution in [1.29, 1.82) is 0 Å². The Morgan fingerprint density at radius 1 is 1.28 bits per heavy atom. The molecule has 0 bridgehead atoms. The summed E-state index contributed by atoms with van der Waals surface area (Å²) in [5.41, 5.74) is 0.736. The molecule has 0 saturated heterocycles. The van der Waals surface area contributed by atoms with Crippen LogP contribution >= 0.6 is 11.8 Å². The van der Waals surface area contributed by atoms with Crippen molar-refractivity contribution in [3.05, 3.63) is 30.3 Å². The lowest BCUT2D eigenvalue weighted by Gasteiger charge is -2.17. The summed E-state index contributed by atoms with van der Waals surface area (Å²) in [4.78, 5) is 23.4. The van der Waals surface area contributed by atoms with Crippen LogP contribution in [0.5, 0.6) is 0 Å². The fourth-order valence-corrected chi connectivity index (χ4v) is 1.96. The Bertz CT molecular complexity index is 395. The molecule has 0 fully saturated rings. The molecule has 4 nitrogen and oxygen atoms in total. The second-order valence-corrected chi connectivity index (χ2v) is 4.69. The van der Waals surface area contributed by atoms with Gasteiger partial charge < -0.3 is 10.6 Å². The Morgan fingerprint density at radius 2 is 1.94 bits per heavy atom. The Balaban J connectivity index is 2.62. The van der Waals surface area contributed by atoms with Crippen LogP contribution in [0.1, 0.15) is 13.3 Å². The predicted octanol–water partition coefficient (Wildman–Crippen LogP) is 1.88. The molecular formula is C13H18N2O2S. The molecule has 2 amide bonds. The summed E-state index contributed by atoms with van der Waals surface area (Å²) in [6.45, 7) is 1.76. The van der Waals surface area contributed by atoms with Crippen LogP contribution in [0.25, 0.3) is 0 Å². The van der Waals surface area contributed by atoms with Crippen LogP contribution < -0.4 is 10.6 Å². The van der Waals surface area contributed by atoms with Gasteiger partial charge in [0.15, 0.2) is 0 Å². The van der Waals surface area contributed by atoms with Crippen LogP contribution in [0, 0.1) is 0 Å². The van der Waals surface area contributed by atoms with Crippen molar-refractivity contribution in [2.75, 3.05) is 17.3 Å². The number of para-hydroxylation sites is 1. The lowest BCUT2D eigenvalue weighted by molar-refractivity contribution is -0.125. The Labute approximate surface area is 112 Å². The third kappa shape index (κ3) is 4.79. The number of anilines is 1. The van der Waals surface area contributed by atoms with Crippen LogP contribution in [0.2, 0.25) is 0 Å². The van der Waals surface area contributed by atoms with Gasteiger partial charge in [-0.2, -0.15) is 11.8 Å². The highest BCUT2D eigenvalue weighted by atomic mass is 32.2. The smallest absolute Gasteiger partial charge is 0.247 e. The molecule has 1 rings (SSSR count). The summed E-state index contributed by atoms with van der Waals surface area (Å²) in [6, 6.07) is 8.72. The van der Waals surface area contributed by atoms with E-state index in [4.69, 9.17) is 0 Å². The van der Waals surface area contributed by atoms with Gasteiger partial charge >= 0.3 is 0 Å². The summed E-state index contributed by atoms with van der Waals surface area (Å²) >= 11 is 1.53. The maximum Gasteiger partial charge on any atom is 0.247 e. The minimum atomic E-state index is -0.493. The zero-order valence-electron chi connectivity index (χ0n) is 10.6. The van der Waals surface area contributed by atoms with Gasteiger partial charge in [-0.1, -0.05) is 25.1 Å². The SMILES string of the molecule is CCC(=O)N[C@@H](CSC)C(=O)Nc1ccccc1. The molecule has 18 heavy (non-hydrogen) atoms. The number of carbonyl (C=O) groups excluding carboxylic acids is 2. The molecule has 98 valence electrons. The molecule has 0 unspecified atom stereocenters. The van der Waals surface area contributed by atoms with Crippen molar-refractivity contribution in [2.45, 2.75) is 19.4 Å². The Hall–Kier alpha value is -1.49. The van der Waals surface area contributed by atoms with Crippen LogP contribution in [-0.2, 0) is 9.59 Å². The van der Waals surface area contributed by atoms with Gasteiger partial charge in [0.05, 0.1) is 0 Å². The van der Waals surface area contributed by atoms with E-state index in [2.05, 4.69) is 10.6 Å². The summed E-state index contributed by atoms with van der Waals surface area (Å²) in [6.07, 6.45) is 2.28. The minimum Gasteiger partial charge on any atom is -0.344 e. The standard InChI is InChI=1S/C13H18N2O2S/c1-3-12(16)15-11(9-18-2)13(17)14-10-7-5-4-6-8-10/h4-8,11H,3,9H2,1-2H3,(H,14,17)(H,15,16)/t11-/m0/s1. The van der Waals surface area contributed by atoms with Crippen molar-refractivity contribution in [1.82, 2.24) is 5.32 Å². The average molecular weight is 266 g/mol. The number of nitrogens with one attached hydrogen (secondary N) is 2. The third-order valence-corrected chi connectivity index (χ3v) is 3.01. The monoisotopic (exact) mass is 266 g/mol. The molecular weight excluding hydrogens is 248 g/mol. The van der Waals surface area contributed by atoms with Gasteiger partial charge in [-0.25, -0.2) is 0 Å². The van der Waals surface area contributed by atoms with E-state index in [-0.39, 0.29) is 11.8 Å². The zero-order chi connectivity index (χ0) is 13.4. The van der Waals surface area contributed by atoms with Crippen molar-refractivity contribution in [3.8, 4) is 0 Å². The highest BCUT2D eigenvalue weighted by Gasteiger charge is 2.19. The van der Waals surface area contributed by atoms with E-state index in [1.54, 1.807) is 6.92 Å². The fourth-order valence-electron chi connectivity index (χ4n) is 1.40. The maximum atomic E-state index is 12.0. The molecule has 1 aromatic rings. The van der Waals surface area contributed by atoms with Gasteiger partial charge in [-0.05, 0) is 18.4 Å². The van der Waals surface area contributed by atoms with Crippen LogP contribution in [0.15, 0.2) is 30.3 Å². The molecule has 0 aliphatic heterocycles. The molecule has 0 saturated carbocycles. The highest BCUT2D eigenvalue weighted by Crippen LogP contribution is 2.07. The Kier molecular flexibility index (Phi) is 6.28. The van der Waals surface area contributed by atoms with Crippen molar-refractivity contribution < 1.29 is 9.59 Å². The second-order valence-electron chi connectivity index (χ2n) is 3.78. The second kappa shape index (κ2) is 7.76. The van der Waals surface area contributed by atoms with E-state index in [9.17, 15) is 9.59 Å². The van der Waals surface area contributed by atoms with Gasteiger partial charge in [-0.15, -0.1) is 0 Å². The minimum absolute atomic E-state index is 0.114. The highest BCUT2D eigenvalue weighted by molar-refractivity contribution is 7.98. The van der Waals surface area contributed by atoms with E-state index in [0.717, 1.165) is 5.69 Å². The molecule has 0 radical (unpaired) electrons. The summed E-state index contributed by atoms with van der Waals surface area (Å²) in [5, 5.41) is 5.51. The van der Waals surface area contributed by atoms with Crippen molar-refractivity contribution in [2.24, 2.45) is 0 Å². The first-order valence-electron chi connectivity index (χ1n) is 5.81. The number of rotatable bonds is 6. The molecule has 0 heterocycles. The normalized spacial score (nSPS) is 11.7. The molecule has 2 N–H and O–H groups in total. The number of hydrogen-bond donors (Lipinski definition) is 2. The lowest BCUT2D eigenvalue weighted by atomic mass is 10.2. The van der Waals surface area contributed by atoms with Crippen LogP contribution in [-0.4, -0.2) is 29.9 Å². The van der Waals surface area contributed by atoms with E-state index < -0.39 is 6.04 Å². The third-order valence-electron chi connectivity index (χ3n) is 2.35. The topological polar surface area (TPSA) is 58.2 Å². The molecule has 0 aliphatic carbocycles. The maximum absolute atomic E-state index is 12.0. The molecule has 0 aliphatic rings. The molecule has 0 spiro atoms. The molecule has 5 heteroatoms. The summed E-state index contributed by atoms with van der Waals surface area (Å²) in [5.74, 6) is 0.263.